The number of fused-ring (bicyclic) bond motifs is 1. The predicted octanol–water partition coefficient (Wildman–Crippen LogP) is 1.89. The molecule has 66 valence electrons. The summed E-state index contributed by atoms with van der Waals surface area (Å²) in [6.45, 7) is 0. The van der Waals surface area contributed by atoms with E-state index < -0.39 is 4.92 Å². The normalized spacial score (nSPS) is 13.7. The Labute approximate surface area is 79.7 Å². The van der Waals surface area contributed by atoms with E-state index in [4.69, 9.17) is 12.2 Å². The molecule has 0 saturated carbocycles. The van der Waals surface area contributed by atoms with Crippen molar-refractivity contribution in [1.82, 2.24) is 0 Å². The Morgan fingerprint density at radius 2 is 2.31 bits per heavy atom. The molecule has 1 aliphatic heterocycles. The molecule has 1 aromatic rings. The van der Waals surface area contributed by atoms with Gasteiger partial charge in [-0.2, -0.15) is 0 Å². The first kappa shape index (κ1) is 8.12. The standard InChI is InChI=1S/C8H6N2O2S/c11-10(12)6-2-1-5-3-8(13)9-7(5)4-6/h1-2,4H,3H2,(H,9,13). The maximum atomic E-state index is 10.4. The lowest BCUT2D eigenvalue weighted by atomic mass is 10.1. The molecular formula is C8H6N2O2S. The van der Waals surface area contributed by atoms with Gasteiger partial charge in [0.25, 0.3) is 5.69 Å². The van der Waals surface area contributed by atoms with E-state index in [1.807, 2.05) is 0 Å². The van der Waals surface area contributed by atoms with Crippen LogP contribution in [0.3, 0.4) is 0 Å². The maximum absolute atomic E-state index is 10.4. The molecule has 1 heterocycles. The van der Waals surface area contributed by atoms with Gasteiger partial charge in [-0.15, -0.1) is 0 Å². The van der Waals surface area contributed by atoms with Crippen LogP contribution in [0.1, 0.15) is 5.56 Å². The van der Waals surface area contributed by atoms with Crippen LogP contribution in [0.2, 0.25) is 0 Å². The third-order valence-corrected chi connectivity index (χ3v) is 2.18. The molecule has 0 radical (unpaired) electrons. The number of non-ortho nitro benzene ring substituents is 1. The number of nitrogens with zero attached hydrogens (tertiary/aromatic N) is 1. The lowest BCUT2D eigenvalue weighted by molar-refractivity contribution is -0.384. The Hall–Kier alpha value is -1.49. The molecule has 1 aromatic carbocycles. The number of hydrogen-bond donors (Lipinski definition) is 1. The molecular weight excluding hydrogens is 188 g/mol. The van der Waals surface area contributed by atoms with Gasteiger partial charge in [0.15, 0.2) is 0 Å². The Balaban J connectivity index is 2.45. The highest BCUT2D eigenvalue weighted by atomic mass is 32.1. The second-order valence-electron chi connectivity index (χ2n) is 2.82. The minimum Gasteiger partial charge on any atom is -0.349 e. The highest BCUT2D eigenvalue weighted by molar-refractivity contribution is 7.80. The fraction of sp³-hybridized carbons (Fsp3) is 0.125. The zero-order chi connectivity index (χ0) is 9.42. The number of benzene rings is 1. The van der Waals surface area contributed by atoms with Gasteiger partial charge >= 0.3 is 0 Å². The quantitative estimate of drug-likeness (QED) is 0.421. The van der Waals surface area contributed by atoms with E-state index in [1.54, 1.807) is 6.07 Å². The highest BCUT2D eigenvalue weighted by Gasteiger charge is 2.17. The zero-order valence-corrected chi connectivity index (χ0v) is 7.43. The van der Waals surface area contributed by atoms with Crippen molar-refractivity contribution in [2.45, 2.75) is 6.42 Å². The van der Waals surface area contributed by atoms with Crippen molar-refractivity contribution in [3.05, 3.63) is 33.9 Å². The Kier molecular flexibility index (Phi) is 1.73. The summed E-state index contributed by atoms with van der Waals surface area (Å²) < 4.78 is 0. The molecule has 0 aliphatic carbocycles. The van der Waals surface area contributed by atoms with Crippen LogP contribution in [0.25, 0.3) is 0 Å². The maximum Gasteiger partial charge on any atom is 0.271 e. The Morgan fingerprint density at radius 1 is 1.54 bits per heavy atom. The average Bonchev–Trinajstić information content (AvgIpc) is 2.42. The van der Waals surface area contributed by atoms with Gasteiger partial charge in [-0.1, -0.05) is 12.2 Å². The Bertz CT molecular complexity index is 403. The molecule has 0 atom stereocenters. The molecule has 0 amide bonds. The van der Waals surface area contributed by atoms with Crippen LogP contribution in [-0.4, -0.2) is 9.91 Å². The monoisotopic (exact) mass is 194 g/mol. The molecule has 5 heteroatoms. The van der Waals surface area contributed by atoms with Crippen LogP contribution in [0.5, 0.6) is 0 Å². The summed E-state index contributed by atoms with van der Waals surface area (Å²) in [7, 11) is 0. The van der Waals surface area contributed by atoms with Crippen molar-refractivity contribution in [2.75, 3.05) is 5.32 Å². The smallest absolute Gasteiger partial charge is 0.271 e. The molecule has 0 unspecified atom stereocenters. The van der Waals surface area contributed by atoms with E-state index in [2.05, 4.69) is 5.32 Å². The summed E-state index contributed by atoms with van der Waals surface area (Å²) in [5, 5.41) is 13.3. The van der Waals surface area contributed by atoms with Gasteiger partial charge in [0.1, 0.15) is 0 Å². The first-order valence-electron chi connectivity index (χ1n) is 3.74. The number of hydrogen-bond acceptors (Lipinski definition) is 3. The average molecular weight is 194 g/mol. The second kappa shape index (κ2) is 2.77. The zero-order valence-electron chi connectivity index (χ0n) is 6.61. The largest absolute Gasteiger partial charge is 0.349 e. The van der Waals surface area contributed by atoms with E-state index >= 15 is 0 Å². The molecule has 0 bridgehead atoms. The molecule has 0 spiro atoms. The van der Waals surface area contributed by atoms with Gasteiger partial charge in [0.2, 0.25) is 0 Å². The van der Waals surface area contributed by atoms with Gasteiger partial charge in [-0.3, -0.25) is 10.1 Å². The third kappa shape index (κ3) is 1.38. The molecule has 1 aliphatic rings. The Morgan fingerprint density at radius 3 is 3.00 bits per heavy atom. The molecule has 4 nitrogen and oxygen atoms in total. The lowest BCUT2D eigenvalue weighted by Gasteiger charge is -1.97. The number of thiocarbonyl (C=S) groups is 1. The van der Waals surface area contributed by atoms with Crippen molar-refractivity contribution < 1.29 is 4.92 Å². The minimum atomic E-state index is -0.413. The first-order valence-corrected chi connectivity index (χ1v) is 4.15. The van der Waals surface area contributed by atoms with E-state index in [0.717, 1.165) is 16.2 Å². The summed E-state index contributed by atoms with van der Waals surface area (Å²) in [5.74, 6) is 0. The highest BCUT2D eigenvalue weighted by Crippen LogP contribution is 2.27. The minimum absolute atomic E-state index is 0.0935. The fourth-order valence-electron chi connectivity index (χ4n) is 1.32. The summed E-state index contributed by atoms with van der Waals surface area (Å²) >= 11 is 4.95. The van der Waals surface area contributed by atoms with Crippen LogP contribution in [0.15, 0.2) is 18.2 Å². The summed E-state index contributed by atoms with van der Waals surface area (Å²) in [6, 6.07) is 4.74. The van der Waals surface area contributed by atoms with Crippen LogP contribution in [0, 0.1) is 10.1 Å². The predicted molar refractivity (Wildman–Crippen MR) is 53.0 cm³/mol. The van der Waals surface area contributed by atoms with E-state index in [1.165, 1.54) is 12.1 Å². The topological polar surface area (TPSA) is 55.2 Å². The molecule has 0 aromatic heterocycles. The van der Waals surface area contributed by atoms with Gasteiger partial charge < -0.3 is 5.32 Å². The fourth-order valence-corrected chi connectivity index (χ4v) is 1.58. The summed E-state index contributed by atoms with van der Waals surface area (Å²) in [4.78, 5) is 10.7. The molecule has 2 rings (SSSR count). The number of anilines is 1. The second-order valence-corrected chi connectivity index (χ2v) is 3.32. The molecule has 0 fully saturated rings. The van der Waals surface area contributed by atoms with Crippen LogP contribution in [0.4, 0.5) is 11.4 Å². The number of nitro groups is 1. The first-order chi connectivity index (χ1) is 6.16. The molecule has 13 heavy (non-hydrogen) atoms. The van der Waals surface area contributed by atoms with Crippen LogP contribution >= 0.6 is 12.2 Å². The molecule has 1 N–H and O–H groups in total. The number of rotatable bonds is 1. The van der Waals surface area contributed by atoms with Crippen molar-refractivity contribution in [3.63, 3.8) is 0 Å². The third-order valence-electron chi connectivity index (χ3n) is 1.93. The van der Waals surface area contributed by atoms with Crippen molar-refractivity contribution in [3.8, 4) is 0 Å². The number of nitro benzene ring substituents is 1. The number of nitrogens with one attached hydrogen (secondary N) is 1. The van der Waals surface area contributed by atoms with Gasteiger partial charge in [0.05, 0.1) is 9.91 Å². The van der Waals surface area contributed by atoms with Crippen molar-refractivity contribution >= 4 is 28.6 Å². The van der Waals surface area contributed by atoms with E-state index in [0.29, 0.717) is 6.42 Å². The summed E-state index contributed by atoms with van der Waals surface area (Å²) in [5.41, 5.74) is 1.88. The lowest BCUT2D eigenvalue weighted by Crippen LogP contribution is -2.00. The van der Waals surface area contributed by atoms with E-state index in [-0.39, 0.29) is 5.69 Å². The van der Waals surface area contributed by atoms with Crippen molar-refractivity contribution in [2.24, 2.45) is 0 Å². The van der Waals surface area contributed by atoms with Gasteiger partial charge in [-0.05, 0) is 11.6 Å². The van der Waals surface area contributed by atoms with Crippen LogP contribution < -0.4 is 5.32 Å². The van der Waals surface area contributed by atoms with Gasteiger partial charge in [0, 0.05) is 24.2 Å². The molecule has 0 saturated heterocycles. The van der Waals surface area contributed by atoms with Gasteiger partial charge in [-0.25, -0.2) is 0 Å². The van der Waals surface area contributed by atoms with E-state index in [9.17, 15) is 10.1 Å². The van der Waals surface area contributed by atoms with Crippen molar-refractivity contribution in [1.29, 1.82) is 0 Å². The SMILES string of the molecule is O=[N+]([O-])c1ccc2c(c1)NC(=S)C2. The van der Waals surface area contributed by atoms with Crippen LogP contribution in [-0.2, 0) is 6.42 Å². The summed E-state index contributed by atoms with van der Waals surface area (Å²) in [6.07, 6.45) is 0.683.